The van der Waals surface area contributed by atoms with Crippen molar-refractivity contribution >= 4 is 18.6 Å². The molecular weight excluding hydrogens is 356 g/mol. The molecule has 0 amide bonds. The Balaban J connectivity index is 1.52. The summed E-state index contributed by atoms with van der Waals surface area (Å²) in [6.45, 7) is 0.660. The molecule has 1 aromatic heterocycles. The maximum atomic E-state index is 10.9. The minimum Gasteiger partial charge on any atom is -0.491 e. The molecule has 134 valence electrons. The van der Waals surface area contributed by atoms with Gasteiger partial charge in [-0.05, 0) is 36.4 Å². The number of aromatic carboxylic acids is 1. The van der Waals surface area contributed by atoms with Gasteiger partial charge in [0.1, 0.15) is 12.4 Å². The first-order valence-corrected chi connectivity index (χ1v) is 8.30. The van der Waals surface area contributed by atoms with Crippen LogP contribution in [0.2, 0.25) is 0 Å². The molecule has 3 aromatic rings. The molecule has 1 atom stereocenters. The molecule has 0 saturated heterocycles. The molecule has 1 N–H and O–H groups in total. The van der Waals surface area contributed by atoms with E-state index >= 15 is 0 Å². The third-order valence-corrected chi connectivity index (χ3v) is 3.77. The fraction of sp³-hybridized carbons (Fsp3) is 0.167. The van der Waals surface area contributed by atoms with Crippen molar-refractivity contribution in [2.24, 2.45) is 0 Å². The van der Waals surface area contributed by atoms with Gasteiger partial charge >= 0.3 is 5.97 Å². The molecular formula is C18H16N2O5S. The summed E-state index contributed by atoms with van der Waals surface area (Å²) in [5.41, 5.74) is 0.109. The van der Waals surface area contributed by atoms with Crippen molar-refractivity contribution in [2.45, 2.75) is 5.44 Å². The van der Waals surface area contributed by atoms with E-state index in [4.69, 9.17) is 19.0 Å². The average Bonchev–Trinajstić information content (AvgIpc) is 3.16. The first-order chi connectivity index (χ1) is 12.6. The number of para-hydroxylation sites is 1. The first-order valence-electron chi connectivity index (χ1n) is 7.78. The van der Waals surface area contributed by atoms with Gasteiger partial charge in [-0.15, -0.1) is 22.8 Å². The van der Waals surface area contributed by atoms with Crippen LogP contribution >= 0.6 is 12.6 Å². The summed E-state index contributed by atoms with van der Waals surface area (Å²) >= 11 is 4.30. The van der Waals surface area contributed by atoms with Crippen LogP contribution in [-0.4, -0.2) is 34.5 Å². The number of carboxylic acid groups (broad SMARTS) is 1. The SMILES string of the molecule is O=C(O)c1ccc(-c2nnc(C(S)OCCOc3ccccc3)o2)cc1. The fourth-order valence-corrected chi connectivity index (χ4v) is 2.32. The van der Waals surface area contributed by atoms with Gasteiger partial charge in [0.15, 0.2) is 5.44 Å². The summed E-state index contributed by atoms with van der Waals surface area (Å²) in [5.74, 6) is 0.242. The Morgan fingerprint density at radius 2 is 1.81 bits per heavy atom. The van der Waals surface area contributed by atoms with E-state index in [0.29, 0.717) is 18.8 Å². The van der Waals surface area contributed by atoms with E-state index in [1.165, 1.54) is 12.1 Å². The first kappa shape index (κ1) is 18.0. The standard InChI is InChI=1S/C18H16N2O5S/c21-17(22)13-8-6-12(7-9-13)15-19-20-16(25-15)18(26)24-11-10-23-14-4-2-1-3-5-14/h1-9,18,26H,10-11H2,(H,21,22). The highest BCUT2D eigenvalue weighted by Crippen LogP contribution is 2.25. The van der Waals surface area contributed by atoms with Gasteiger partial charge in [-0.25, -0.2) is 4.79 Å². The van der Waals surface area contributed by atoms with Gasteiger partial charge in [-0.2, -0.15) is 0 Å². The van der Waals surface area contributed by atoms with Gasteiger partial charge in [-0.3, -0.25) is 0 Å². The molecule has 2 aromatic carbocycles. The van der Waals surface area contributed by atoms with E-state index in [1.54, 1.807) is 12.1 Å². The van der Waals surface area contributed by atoms with Crippen molar-refractivity contribution in [3.63, 3.8) is 0 Å². The molecule has 0 spiro atoms. The average molecular weight is 372 g/mol. The topological polar surface area (TPSA) is 94.7 Å². The van der Waals surface area contributed by atoms with Crippen LogP contribution in [0.15, 0.2) is 59.0 Å². The third-order valence-electron chi connectivity index (χ3n) is 3.40. The van der Waals surface area contributed by atoms with Gasteiger partial charge in [0.25, 0.3) is 5.89 Å². The van der Waals surface area contributed by atoms with E-state index in [1.807, 2.05) is 30.3 Å². The number of rotatable bonds is 8. The molecule has 0 fully saturated rings. The molecule has 7 nitrogen and oxygen atoms in total. The third kappa shape index (κ3) is 4.62. The Morgan fingerprint density at radius 3 is 2.50 bits per heavy atom. The lowest BCUT2D eigenvalue weighted by molar-refractivity contribution is 0.0697. The van der Waals surface area contributed by atoms with Crippen molar-refractivity contribution in [2.75, 3.05) is 13.2 Å². The summed E-state index contributed by atoms with van der Waals surface area (Å²) < 4.78 is 16.6. The number of nitrogens with zero attached hydrogens (tertiary/aromatic N) is 2. The Labute approximate surface area is 155 Å². The van der Waals surface area contributed by atoms with Crippen LogP contribution < -0.4 is 4.74 Å². The lowest BCUT2D eigenvalue weighted by Gasteiger charge is -2.09. The largest absolute Gasteiger partial charge is 0.491 e. The van der Waals surface area contributed by atoms with Crippen LogP contribution in [0, 0.1) is 0 Å². The molecule has 8 heteroatoms. The number of hydrogen-bond donors (Lipinski definition) is 2. The number of ether oxygens (including phenoxy) is 2. The molecule has 0 saturated carbocycles. The zero-order valence-corrected chi connectivity index (χ0v) is 14.5. The normalized spacial score (nSPS) is 11.9. The Kier molecular flexibility index (Phi) is 5.88. The minimum absolute atomic E-state index is 0.183. The van der Waals surface area contributed by atoms with Crippen LogP contribution in [0.5, 0.6) is 5.75 Å². The van der Waals surface area contributed by atoms with Crippen molar-refractivity contribution in [1.29, 1.82) is 0 Å². The van der Waals surface area contributed by atoms with E-state index < -0.39 is 11.4 Å². The van der Waals surface area contributed by atoms with Gasteiger partial charge in [0.05, 0.1) is 12.2 Å². The molecule has 0 aliphatic heterocycles. The van der Waals surface area contributed by atoms with Crippen molar-refractivity contribution in [3.8, 4) is 17.2 Å². The maximum Gasteiger partial charge on any atom is 0.335 e. The molecule has 0 aliphatic rings. The zero-order valence-electron chi connectivity index (χ0n) is 13.6. The number of thiol groups is 1. The summed E-state index contributed by atoms with van der Waals surface area (Å²) in [5, 5.41) is 16.8. The van der Waals surface area contributed by atoms with Crippen LogP contribution in [0.4, 0.5) is 0 Å². The second-order valence-electron chi connectivity index (χ2n) is 5.21. The van der Waals surface area contributed by atoms with E-state index in [2.05, 4.69) is 22.8 Å². The lowest BCUT2D eigenvalue weighted by Crippen LogP contribution is -2.08. The van der Waals surface area contributed by atoms with Gasteiger partial charge in [-0.1, -0.05) is 18.2 Å². The Bertz CT molecular complexity index is 852. The highest BCUT2D eigenvalue weighted by atomic mass is 32.1. The number of benzene rings is 2. The molecule has 3 rings (SSSR count). The smallest absolute Gasteiger partial charge is 0.335 e. The Morgan fingerprint density at radius 1 is 1.08 bits per heavy atom. The highest BCUT2D eigenvalue weighted by molar-refractivity contribution is 7.80. The van der Waals surface area contributed by atoms with Crippen LogP contribution in [0.1, 0.15) is 21.7 Å². The summed E-state index contributed by atoms with van der Waals surface area (Å²) in [6.07, 6.45) is 0. The van der Waals surface area contributed by atoms with Crippen LogP contribution in [-0.2, 0) is 4.74 Å². The summed E-state index contributed by atoms with van der Waals surface area (Å²) in [6, 6.07) is 15.5. The van der Waals surface area contributed by atoms with Crippen molar-refractivity contribution < 1.29 is 23.8 Å². The maximum absolute atomic E-state index is 10.9. The summed E-state index contributed by atoms with van der Waals surface area (Å²) in [4.78, 5) is 10.9. The van der Waals surface area contributed by atoms with Gasteiger partial charge in [0.2, 0.25) is 5.89 Å². The van der Waals surface area contributed by atoms with Crippen molar-refractivity contribution in [1.82, 2.24) is 10.2 Å². The number of aromatic nitrogens is 2. The number of carboxylic acids is 1. The second-order valence-corrected chi connectivity index (χ2v) is 5.68. The molecule has 0 aliphatic carbocycles. The van der Waals surface area contributed by atoms with Crippen LogP contribution in [0.25, 0.3) is 11.5 Å². The predicted molar refractivity (Wildman–Crippen MR) is 96.3 cm³/mol. The summed E-state index contributed by atoms with van der Waals surface area (Å²) in [7, 11) is 0. The van der Waals surface area contributed by atoms with Gasteiger partial charge in [0, 0.05) is 5.56 Å². The second kappa shape index (κ2) is 8.50. The monoisotopic (exact) mass is 372 g/mol. The zero-order chi connectivity index (χ0) is 18.4. The highest BCUT2D eigenvalue weighted by Gasteiger charge is 2.16. The predicted octanol–water partition coefficient (Wildman–Crippen LogP) is 3.46. The minimum atomic E-state index is -0.996. The van der Waals surface area contributed by atoms with E-state index in [9.17, 15) is 4.79 Å². The fourth-order valence-electron chi connectivity index (χ4n) is 2.11. The number of hydrogen-bond acceptors (Lipinski definition) is 7. The van der Waals surface area contributed by atoms with E-state index in [-0.39, 0.29) is 17.3 Å². The number of carbonyl (C=O) groups is 1. The molecule has 1 heterocycles. The molecule has 1 unspecified atom stereocenters. The van der Waals surface area contributed by atoms with Crippen molar-refractivity contribution in [3.05, 3.63) is 66.1 Å². The van der Waals surface area contributed by atoms with Crippen LogP contribution in [0.3, 0.4) is 0 Å². The Hall–Kier alpha value is -2.84. The molecule has 26 heavy (non-hydrogen) atoms. The lowest BCUT2D eigenvalue weighted by atomic mass is 10.1. The molecule has 0 radical (unpaired) electrons. The molecule has 0 bridgehead atoms. The van der Waals surface area contributed by atoms with Gasteiger partial charge < -0.3 is 19.0 Å². The van der Waals surface area contributed by atoms with E-state index in [0.717, 1.165) is 5.75 Å². The quantitative estimate of drug-likeness (QED) is 0.355.